The SMILES string of the molecule is Cc1cc(=O)oc2ccc3ccc(O)cc3c12. The summed E-state index contributed by atoms with van der Waals surface area (Å²) in [5.41, 5.74) is 1.05. The Bertz CT molecular complexity index is 784. The second-order valence-corrected chi connectivity index (χ2v) is 4.09. The number of benzene rings is 2. The molecule has 3 heteroatoms. The molecule has 0 radical (unpaired) electrons. The highest BCUT2D eigenvalue weighted by Crippen LogP contribution is 2.29. The predicted octanol–water partition coefficient (Wildman–Crippen LogP) is 2.96. The number of hydrogen-bond acceptors (Lipinski definition) is 3. The van der Waals surface area contributed by atoms with Gasteiger partial charge in [0.15, 0.2) is 0 Å². The van der Waals surface area contributed by atoms with Crippen molar-refractivity contribution in [3.05, 3.63) is 52.4 Å². The summed E-state index contributed by atoms with van der Waals surface area (Å²) < 4.78 is 5.15. The van der Waals surface area contributed by atoms with E-state index in [9.17, 15) is 9.90 Å². The fourth-order valence-corrected chi connectivity index (χ4v) is 2.17. The van der Waals surface area contributed by atoms with Gasteiger partial charge in [-0.25, -0.2) is 4.79 Å². The van der Waals surface area contributed by atoms with Gasteiger partial charge in [-0.15, -0.1) is 0 Å². The van der Waals surface area contributed by atoms with Crippen LogP contribution >= 0.6 is 0 Å². The Labute approximate surface area is 96.9 Å². The minimum atomic E-state index is -0.352. The molecule has 3 aromatic rings. The van der Waals surface area contributed by atoms with Gasteiger partial charge in [0.2, 0.25) is 0 Å². The number of hydrogen-bond donors (Lipinski definition) is 1. The third kappa shape index (κ3) is 1.47. The number of phenols is 1. The van der Waals surface area contributed by atoms with E-state index in [2.05, 4.69) is 0 Å². The zero-order valence-corrected chi connectivity index (χ0v) is 9.23. The van der Waals surface area contributed by atoms with E-state index in [1.54, 1.807) is 18.2 Å². The van der Waals surface area contributed by atoms with Crippen LogP contribution in [0, 0.1) is 6.92 Å². The lowest BCUT2D eigenvalue weighted by Gasteiger charge is -2.05. The normalized spacial score (nSPS) is 11.1. The van der Waals surface area contributed by atoms with Gasteiger partial charge in [-0.05, 0) is 41.5 Å². The van der Waals surface area contributed by atoms with Gasteiger partial charge in [0, 0.05) is 11.5 Å². The Morgan fingerprint density at radius 3 is 2.71 bits per heavy atom. The number of phenolic OH excluding ortho intramolecular Hbond substituents is 1. The first-order valence-electron chi connectivity index (χ1n) is 5.31. The average molecular weight is 226 g/mol. The monoisotopic (exact) mass is 226 g/mol. The van der Waals surface area contributed by atoms with Gasteiger partial charge in [-0.2, -0.15) is 0 Å². The lowest BCUT2D eigenvalue weighted by molar-refractivity contribution is 0.476. The molecule has 0 saturated carbocycles. The maximum Gasteiger partial charge on any atom is 0.336 e. The van der Waals surface area contributed by atoms with Gasteiger partial charge < -0.3 is 9.52 Å². The predicted molar refractivity (Wildman–Crippen MR) is 66.4 cm³/mol. The van der Waals surface area contributed by atoms with E-state index < -0.39 is 0 Å². The summed E-state index contributed by atoms with van der Waals surface area (Å²) in [4.78, 5) is 11.3. The molecule has 17 heavy (non-hydrogen) atoms. The van der Waals surface area contributed by atoms with Crippen molar-refractivity contribution in [3.8, 4) is 5.75 Å². The Hall–Kier alpha value is -2.29. The van der Waals surface area contributed by atoms with Crippen LogP contribution in [-0.2, 0) is 0 Å². The Morgan fingerprint density at radius 1 is 1.12 bits per heavy atom. The van der Waals surface area contributed by atoms with Gasteiger partial charge in [-0.1, -0.05) is 12.1 Å². The first-order valence-corrected chi connectivity index (χ1v) is 5.31. The van der Waals surface area contributed by atoms with Crippen LogP contribution in [-0.4, -0.2) is 5.11 Å². The maximum atomic E-state index is 11.3. The van der Waals surface area contributed by atoms with Gasteiger partial charge in [-0.3, -0.25) is 0 Å². The third-order valence-corrected chi connectivity index (χ3v) is 2.91. The molecular formula is C14H10O3. The summed E-state index contributed by atoms with van der Waals surface area (Å²) in [6, 6.07) is 10.3. The van der Waals surface area contributed by atoms with Gasteiger partial charge in [0.1, 0.15) is 11.3 Å². The molecule has 0 aliphatic rings. The molecule has 2 aromatic carbocycles. The summed E-state index contributed by atoms with van der Waals surface area (Å²) in [7, 11) is 0. The van der Waals surface area contributed by atoms with E-state index in [1.165, 1.54) is 6.07 Å². The zero-order valence-electron chi connectivity index (χ0n) is 9.23. The molecule has 3 nitrogen and oxygen atoms in total. The van der Waals surface area contributed by atoms with Crippen LogP contribution in [0.2, 0.25) is 0 Å². The highest BCUT2D eigenvalue weighted by molar-refractivity contribution is 6.07. The molecule has 0 unspecified atom stereocenters. The number of fused-ring (bicyclic) bond motifs is 3. The molecule has 1 heterocycles. The second kappa shape index (κ2) is 3.35. The van der Waals surface area contributed by atoms with Crippen molar-refractivity contribution in [2.75, 3.05) is 0 Å². The molecule has 1 aromatic heterocycles. The van der Waals surface area contributed by atoms with E-state index in [0.717, 1.165) is 21.7 Å². The van der Waals surface area contributed by atoms with Crippen molar-refractivity contribution in [1.29, 1.82) is 0 Å². The summed E-state index contributed by atoms with van der Waals surface area (Å²) in [6.07, 6.45) is 0. The summed E-state index contributed by atoms with van der Waals surface area (Å²) >= 11 is 0. The molecule has 0 fully saturated rings. The molecule has 1 N–H and O–H groups in total. The largest absolute Gasteiger partial charge is 0.508 e. The molecule has 0 amide bonds. The fourth-order valence-electron chi connectivity index (χ4n) is 2.17. The minimum absolute atomic E-state index is 0.204. The van der Waals surface area contributed by atoms with E-state index in [-0.39, 0.29) is 11.4 Å². The fraction of sp³-hybridized carbons (Fsp3) is 0.0714. The van der Waals surface area contributed by atoms with E-state index in [4.69, 9.17) is 4.42 Å². The Morgan fingerprint density at radius 2 is 1.88 bits per heavy atom. The van der Waals surface area contributed by atoms with Crippen LogP contribution in [0.1, 0.15) is 5.56 Å². The third-order valence-electron chi connectivity index (χ3n) is 2.91. The molecule has 84 valence electrons. The minimum Gasteiger partial charge on any atom is -0.508 e. The van der Waals surface area contributed by atoms with Crippen LogP contribution in [0.3, 0.4) is 0 Å². The van der Waals surface area contributed by atoms with E-state index in [1.807, 2.05) is 19.1 Å². The quantitative estimate of drug-likeness (QED) is 0.473. The van der Waals surface area contributed by atoms with E-state index >= 15 is 0 Å². The topological polar surface area (TPSA) is 50.4 Å². The number of aromatic hydroxyl groups is 1. The molecule has 3 rings (SSSR count). The standard InChI is InChI=1S/C14H10O3/c1-8-6-13(16)17-12-5-3-9-2-4-10(15)7-11(9)14(8)12/h2-7,15H,1H3. The summed E-state index contributed by atoms with van der Waals surface area (Å²) in [5.74, 6) is 0.204. The van der Waals surface area contributed by atoms with Gasteiger partial charge >= 0.3 is 5.63 Å². The van der Waals surface area contributed by atoms with Crippen LogP contribution < -0.4 is 5.63 Å². The summed E-state index contributed by atoms with van der Waals surface area (Å²) in [6.45, 7) is 1.86. The van der Waals surface area contributed by atoms with Crippen molar-refractivity contribution < 1.29 is 9.52 Å². The Balaban J connectivity index is 2.63. The van der Waals surface area contributed by atoms with Crippen molar-refractivity contribution >= 4 is 21.7 Å². The Kier molecular flexibility index (Phi) is 1.95. The molecule has 0 aliphatic heterocycles. The van der Waals surface area contributed by atoms with Crippen LogP contribution in [0.4, 0.5) is 0 Å². The van der Waals surface area contributed by atoms with Crippen molar-refractivity contribution in [2.24, 2.45) is 0 Å². The number of aryl methyl sites for hydroxylation is 1. The molecule has 0 spiro atoms. The van der Waals surface area contributed by atoms with Crippen LogP contribution in [0.5, 0.6) is 5.75 Å². The number of rotatable bonds is 0. The first kappa shape index (κ1) is 9.90. The molecule has 0 atom stereocenters. The maximum absolute atomic E-state index is 11.3. The van der Waals surface area contributed by atoms with Crippen molar-refractivity contribution in [2.45, 2.75) is 6.92 Å². The highest BCUT2D eigenvalue weighted by Gasteiger charge is 2.07. The van der Waals surface area contributed by atoms with Gasteiger partial charge in [0.05, 0.1) is 0 Å². The van der Waals surface area contributed by atoms with Crippen LogP contribution in [0.15, 0.2) is 45.6 Å². The highest BCUT2D eigenvalue weighted by atomic mass is 16.4. The molecule has 0 aliphatic carbocycles. The lowest BCUT2D eigenvalue weighted by Crippen LogP contribution is -1.97. The average Bonchev–Trinajstić information content (AvgIpc) is 2.27. The van der Waals surface area contributed by atoms with E-state index in [0.29, 0.717) is 5.58 Å². The smallest absolute Gasteiger partial charge is 0.336 e. The van der Waals surface area contributed by atoms with Crippen molar-refractivity contribution in [1.82, 2.24) is 0 Å². The molecule has 0 saturated heterocycles. The molecular weight excluding hydrogens is 216 g/mol. The first-order chi connectivity index (χ1) is 8.15. The van der Waals surface area contributed by atoms with Crippen molar-refractivity contribution in [3.63, 3.8) is 0 Å². The summed E-state index contributed by atoms with van der Waals surface area (Å²) in [5, 5.41) is 12.3. The second-order valence-electron chi connectivity index (χ2n) is 4.09. The van der Waals surface area contributed by atoms with Gasteiger partial charge in [0.25, 0.3) is 0 Å². The lowest BCUT2D eigenvalue weighted by atomic mass is 10.0. The van der Waals surface area contributed by atoms with Crippen LogP contribution in [0.25, 0.3) is 21.7 Å². The zero-order chi connectivity index (χ0) is 12.0. The molecule has 0 bridgehead atoms.